The minimum Gasteiger partial charge on any atom is -0.479 e. The molecule has 0 aliphatic carbocycles. The molecule has 2 aromatic carbocycles. The molecule has 0 radical (unpaired) electrons. The summed E-state index contributed by atoms with van der Waals surface area (Å²) < 4.78 is 21.8. The van der Waals surface area contributed by atoms with Crippen molar-refractivity contribution in [1.82, 2.24) is 10.6 Å². The SMILES string of the molecule is COC(=O)c1ccc2c(c1)[C@@H](NC(=NC#N)NCc1ccccc1)[C@H](O)[C@](C)(C(OC)OC)O2. The summed E-state index contributed by atoms with van der Waals surface area (Å²) in [6, 6.07) is 13.5. The Morgan fingerprint density at radius 3 is 2.56 bits per heavy atom. The summed E-state index contributed by atoms with van der Waals surface area (Å²) in [6.45, 7) is 2.04. The molecule has 10 heteroatoms. The van der Waals surface area contributed by atoms with Crippen LogP contribution in [0.3, 0.4) is 0 Å². The third-order valence-corrected chi connectivity index (χ3v) is 5.65. The molecule has 1 aliphatic rings. The number of guanidine groups is 1. The quantitative estimate of drug-likeness (QED) is 0.183. The number of carbonyl (C=O) groups excluding carboxylic acids is 1. The van der Waals surface area contributed by atoms with Crippen molar-refractivity contribution in [2.75, 3.05) is 21.3 Å². The fourth-order valence-electron chi connectivity index (χ4n) is 3.94. The van der Waals surface area contributed by atoms with Gasteiger partial charge < -0.3 is 34.7 Å². The second-order valence-corrected chi connectivity index (χ2v) is 7.80. The van der Waals surface area contributed by atoms with Crippen LogP contribution >= 0.6 is 0 Å². The Morgan fingerprint density at radius 1 is 1.24 bits per heavy atom. The number of aliphatic hydroxyl groups is 1. The van der Waals surface area contributed by atoms with Crippen LogP contribution in [-0.4, -0.2) is 56.4 Å². The molecule has 2 aromatic rings. The second kappa shape index (κ2) is 11.0. The van der Waals surface area contributed by atoms with Crippen LogP contribution in [-0.2, 0) is 20.8 Å². The van der Waals surface area contributed by atoms with Crippen LogP contribution in [0.4, 0.5) is 0 Å². The highest BCUT2D eigenvalue weighted by Crippen LogP contribution is 2.42. The number of hydrogen-bond donors (Lipinski definition) is 3. The maximum Gasteiger partial charge on any atom is 0.337 e. The van der Waals surface area contributed by atoms with E-state index < -0.39 is 30.0 Å². The number of fused-ring (bicyclic) bond motifs is 1. The van der Waals surface area contributed by atoms with Gasteiger partial charge in [-0.3, -0.25) is 0 Å². The number of hydrogen-bond acceptors (Lipinski definition) is 8. The predicted octanol–water partition coefficient (Wildman–Crippen LogP) is 1.86. The van der Waals surface area contributed by atoms with Gasteiger partial charge in [0, 0.05) is 26.3 Å². The monoisotopic (exact) mass is 468 g/mol. The number of aliphatic hydroxyl groups excluding tert-OH is 1. The van der Waals surface area contributed by atoms with Crippen LogP contribution in [0.2, 0.25) is 0 Å². The molecule has 0 aromatic heterocycles. The van der Waals surface area contributed by atoms with Crippen LogP contribution in [0.25, 0.3) is 0 Å². The van der Waals surface area contributed by atoms with E-state index in [9.17, 15) is 15.2 Å². The summed E-state index contributed by atoms with van der Waals surface area (Å²) >= 11 is 0. The largest absolute Gasteiger partial charge is 0.479 e. The van der Waals surface area contributed by atoms with Crippen molar-refractivity contribution in [3.63, 3.8) is 0 Å². The lowest BCUT2D eigenvalue weighted by atomic mass is 9.84. The first kappa shape index (κ1) is 25.0. The van der Waals surface area contributed by atoms with Crippen LogP contribution in [0.1, 0.15) is 34.5 Å². The summed E-state index contributed by atoms with van der Waals surface area (Å²) in [5, 5.41) is 26.8. The number of benzene rings is 2. The van der Waals surface area contributed by atoms with Crippen molar-refractivity contribution >= 4 is 11.9 Å². The van der Waals surface area contributed by atoms with Crippen molar-refractivity contribution < 1.29 is 28.8 Å². The lowest BCUT2D eigenvalue weighted by molar-refractivity contribution is -0.238. The van der Waals surface area contributed by atoms with Crippen molar-refractivity contribution in [3.8, 4) is 11.9 Å². The maximum absolute atomic E-state index is 12.1. The molecule has 0 saturated carbocycles. The Kier molecular flexibility index (Phi) is 8.07. The van der Waals surface area contributed by atoms with Crippen LogP contribution in [0.5, 0.6) is 5.75 Å². The highest BCUT2D eigenvalue weighted by atomic mass is 16.7. The lowest BCUT2D eigenvalue weighted by Crippen LogP contribution is -2.62. The van der Waals surface area contributed by atoms with E-state index in [1.165, 1.54) is 21.3 Å². The number of nitriles is 1. The summed E-state index contributed by atoms with van der Waals surface area (Å²) in [4.78, 5) is 16.0. The van der Waals surface area contributed by atoms with Gasteiger partial charge in [0.25, 0.3) is 0 Å². The summed E-state index contributed by atoms with van der Waals surface area (Å²) in [7, 11) is 4.17. The second-order valence-electron chi connectivity index (χ2n) is 7.80. The predicted molar refractivity (Wildman–Crippen MR) is 123 cm³/mol. The molecule has 0 unspecified atom stereocenters. The van der Waals surface area contributed by atoms with E-state index in [1.807, 2.05) is 30.3 Å². The Hall–Kier alpha value is -3.65. The van der Waals surface area contributed by atoms with Crippen molar-refractivity contribution in [1.29, 1.82) is 5.26 Å². The summed E-state index contributed by atoms with van der Waals surface area (Å²) in [6.07, 6.45) is -0.395. The van der Waals surface area contributed by atoms with E-state index in [4.69, 9.17) is 18.9 Å². The minimum absolute atomic E-state index is 0.139. The zero-order valence-corrected chi connectivity index (χ0v) is 19.4. The van der Waals surface area contributed by atoms with Crippen molar-refractivity contribution in [3.05, 3.63) is 65.2 Å². The van der Waals surface area contributed by atoms with Gasteiger partial charge >= 0.3 is 5.97 Å². The average molecular weight is 469 g/mol. The molecular weight excluding hydrogens is 440 g/mol. The molecule has 0 spiro atoms. The van der Waals surface area contributed by atoms with Gasteiger partial charge in [0.05, 0.1) is 18.7 Å². The zero-order valence-electron chi connectivity index (χ0n) is 19.4. The van der Waals surface area contributed by atoms with Gasteiger partial charge in [0.2, 0.25) is 12.2 Å². The van der Waals surface area contributed by atoms with Gasteiger partial charge in [0.15, 0.2) is 11.9 Å². The van der Waals surface area contributed by atoms with Crippen LogP contribution < -0.4 is 15.4 Å². The van der Waals surface area contributed by atoms with Gasteiger partial charge in [-0.2, -0.15) is 5.26 Å². The van der Waals surface area contributed by atoms with Gasteiger partial charge in [0.1, 0.15) is 11.9 Å². The molecule has 3 rings (SSSR count). The fraction of sp³-hybridized carbons (Fsp3) is 0.375. The van der Waals surface area contributed by atoms with Crippen LogP contribution in [0, 0.1) is 11.5 Å². The topological polar surface area (TPSA) is 134 Å². The zero-order chi connectivity index (χ0) is 24.7. The van der Waals surface area contributed by atoms with E-state index >= 15 is 0 Å². The van der Waals surface area contributed by atoms with E-state index in [-0.39, 0.29) is 11.5 Å². The van der Waals surface area contributed by atoms with Crippen molar-refractivity contribution in [2.24, 2.45) is 4.99 Å². The number of methoxy groups -OCH3 is 3. The first-order chi connectivity index (χ1) is 16.4. The molecular formula is C24H28N4O6. The van der Waals surface area contributed by atoms with E-state index in [2.05, 4.69) is 15.6 Å². The van der Waals surface area contributed by atoms with Gasteiger partial charge in [-0.15, -0.1) is 4.99 Å². The molecule has 0 amide bonds. The molecule has 0 saturated heterocycles. The Labute approximate surface area is 198 Å². The molecule has 0 bridgehead atoms. The Balaban J connectivity index is 2.00. The highest BCUT2D eigenvalue weighted by Gasteiger charge is 2.52. The standard InChI is InChI=1S/C24H28N4O6/c1-24(22(32-3)33-4)20(29)19(17-12-16(21(30)31-2)10-11-18(17)34-24)28-23(27-14-25)26-13-15-8-6-5-7-9-15/h5-12,19-20,22,29H,13H2,1-4H3,(H2,26,27,28)/t19-,20+,24-/m1/s1. The molecule has 3 atom stereocenters. The first-order valence-corrected chi connectivity index (χ1v) is 10.5. The Morgan fingerprint density at radius 2 is 1.94 bits per heavy atom. The molecule has 3 N–H and O–H groups in total. The Bertz CT molecular complexity index is 1070. The van der Waals surface area contributed by atoms with Crippen LogP contribution in [0.15, 0.2) is 53.5 Å². The number of aliphatic imine (C=N–C) groups is 1. The normalized spacial score (nSPS) is 21.7. The molecule has 0 fully saturated rings. The lowest BCUT2D eigenvalue weighted by Gasteiger charge is -2.46. The summed E-state index contributed by atoms with van der Waals surface area (Å²) in [5.74, 6) is 0.000954. The number of carbonyl (C=O) groups is 1. The highest BCUT2D eigenvalue weighted by molar-refractivity contribution is 5.90. The minimum atomic E-state index is -1.34. The van der Waals surface area contributed by atoms with E-state index in [1.54, 1.807) is 31.3 Å². The van der Waals surface area contributed by atoms with Crippen molar-refractivity contribution in [2.45, 2.75) is 37.5 Å². The maximum atomic E-state index is 12.1. The van der Waals surface area contributed by atoms with Gasteiger partial charge in [-0.1, -0.05) is 30.3 Å². The van der Waals surface area contributed by atoms with E-state index in [0.29, 0.717) is 17.9 Å². The number of nitrogens with one attached hydrogen (secondary N) is 2. The molecule has 1 aliphatic heterocycles. The smallest absolute Gasteiger partial charge is 0.337 e. The van der Waals surface area contributed by atoms with Gasteiger partial charge in [-0.05, 0) is 30.7 Å². The number of ether oxygens (including phenoxy) is 4. The third kappa shape index (κ3) is 5.12. The molecule has 34 heavy (non-hydrogen) atoms. The van der Waals surface area contributed by atoms with Gasteiger partial charge in [-0.25, -0.2) is 4.79 Å². The number of nitrogens with zero attached hydrogens (tertiary/aromatic N) is 2. The summed E-state index contributed by atoms with van der Waals surface area (Å²) in [5.41, 5.74) is 0.391. The molecule has 180 valence electrons. The first-order valence-electron chi connectivity index (χ1n) is 10.5. The third-order valence-electron chi connectivity index (χ3n) is 5.65. The van der Waals surface area contributed by atoms with E-state index in [0.717, 1.165) is 5.56 Å². The fourth-order valence-corrected chi connectivity index (χ4v) is 3.94. The number of rotatable bonds is 7. The number of esters is 1. The molecule has 1 heterocycles. The molecule has 10 nitrogen and oxygen atoms in total. The average Bonchev–Trinajstić information content (AvgIpc) is 2.86.